The van der Waals surface area contributed by atoms with Crippen molar-refractivity contribution in [2.75, 3.05) is 11.1 Å². The number of anilines is 2. The van der Waals surface area contributed by atoms with E-state index in [1.807, 2.05) is 88.5 Å². The number of nitrogens with two attached hydrogens (primary N) is 1. The molecule has 1 unspecified atom stereocenters. The second kappa shape index (κ2) is 13.6. The van der Waals surface area contributed by atoms with Crippen molar-refractivity contribution in [2.24, 2.45) is 7.05 Å². The van der Waals surface area contributed by atoms with E-state index in [-0.39, 0.29) is 11.9 Å². The highest BCUT2D eigenvalue weighted by atomic mass is 19.4. The van der Waals surface area contributed by atoms with Crippen molar-refractivity contribution >= 4 is 28.2 Å². The molecule has 5 rings (SSSR count). The zero-order chi connectivity index (χ0) is 32.9. The van der Waals surface area contributed by atoms with E-state index < -0.39 is 18.2 Å². The summed E-state index contributed by atoms with van der Waals surface area (Å²) in [6.45, 7) is 5.90. The molecule has 0 saturated carbocycles. The molecular formula is C32H32F4N6O3. The molecule has 9 nitrogen and oxygen atoms in total. The zero-order valence-electron chi connectivity index (χ0n) is 24.9. The van der Waals surface area contributed by atoms with Crippen molar-refractivity contribution < 1.29 is 32.2 Å². The molecule has 3 aromatic carbocycles. The SMILES string of the molecule is CCc1cc(C(Nc2ccc3c(N)nccc3c2)c2nc(-c3ccccc3)nn2C)c(F)cc1OC(C)C.O=C(O)C(F)(F)F. The number of fused-ring (bicyclic) bond motifs is 1. The summed E-state index contributed by atoms with van der Waals surface area (Å²) >= 11 is 0. The Morgan fingerprint density at radius 3 is 2.40 bits per heavy atom. The van der Waals surface area contributed by atoms with E-state index in [1.165, 1.54) is 6.07 Å². The number of halogens is 4. The smallest absolute Gasteiger partial charge is 0.490 e. The van der Waals surface area contributed by atoms with Gasteiger partial charge >= 0.3 is 12.1 Å². The standard InChI is InChI=1S/C30H31FN6O.C2HF3O2/c1-5-19-16-24(25(31)17-26(19)38-18(2)3)27(30-35-29(36-37(30)4)20-9-7-6-8-10-20)34-22-11-12-23-21(15-22)13-14-33-28(23)32;3-2(4,5)1(6)7/h6-18,27,34H,5H2,1-4H3,(H2,32,33);(H,6,7). The monoisotopic (exact) mass is 624 g/mol. The normalized spacial score (nSPS) is 12.0. The highest BCUT2D eigenvalue weighted by molar-refractivity contribution is 5.93. The molecule has 0 fully saturated rings. The number of hydrogen-bond acceptors (Lipinski definition) is 7. The number of ether oxygens (including phenoxy) is 1. The minimum absolute atomic E-state index is 0.0637. The van der Waals surface area contributed by atoms with Gasteiger partial charge in [-0.3, -0.25) is 4.68 Å². The number of carboxylic acid groups (broad SMARTS) is 1. The Kier molecular flexibility index (Phi) is 9.90. The van der Waals surface area contributed by atoms with Crippen molar-refractivity contribution in [2.45, 2.75) is 45.5 Å². The summed E-state index contributed by atoms with van der Waals surface area (Å²) in [5.41, 5.74) is 9.11. The van der Waals surface area contributed by atoms with E-state index in [9.17, 15) is 13.2 Å². The molecular weight excluding hydrogens is 592 g/mol. The first-order chi connectivity index (χ1) is 21.3. The Hall–Kier alpha value is -5.20. The van der Waals surface area contributed by atoms with Crippen molar-refractivity contribution in [1.82, 2.24) is 19.7 Å². The first kappa shape index (κ1) is 32.7. The van der Waals surface area contributed by atoms with Crippen LogP contribution in [0.25, 0.3) is 22.2 Å². The Labute approximate surface area is 256 Å². The van der Waals surface area contributed by atoms with Gasteiger partial charge in [0, 0.05) is 41.5 Å². The molecule has 2 aromatic heterocycles. The van der Waals surface area contributed by atoms with Crippen LogP contribution in [0.15, 0.2) is 72.9 Å². The molecule has 4 N–H and O–H groups in total. The van der Waals surface area contributed by atoms with Crippen LogP contribution < -0.4 is 15.8 Å². The number of nitrogens with zero attached hydrogens (tertiary/aromatic N) is 4. The van der Waals surface area contributed by atoms with Gasteiger partial charge in [0.1, 0.15) is 23.4 Å². The molecule has 236 valence electrons. The molecule has 0 bridgehead atoms. The van der Waals surface area contributed by atoms with Crippen LogP contribution in [0.3, 0.4) is 0 Å². The van der Waals surface area contributed by atoms with E-state index in [1.54, 1.807) is 10.9 Å². The van der Waals surface area contributed by atoms with E-state index in [2.05, 4.69) is 15.4 Å². The molecule has 0 radical (unpaired) electrons. The maximum atomic E-state index is 15.8. The van der Waals surface area contributed by atoms with Crippen molar-refractivity contribution in [1.29, 1.82) is 0 Å². The third-order valence-corrected chi connectivity index (χ3v) is 6.67. The van der Waals surface area contributed by atoms with Crippen LogP contribution in [0.1, 0.15) is 43.8 Å². The van der Waals surface area contributed by atoms with E-state index in [0.29, 0.717) is 35.2 Å². The molecule has 0 aliphatic carbocycles. The first-order valence-corrected chi connectivity index (χ1v) is 13.9. The summed E-state index contributed by atoms with van der Waals surface area (Å²) in [6, 6.07) is 20.2. The number of aromatic nitrogens is 4. The van der Waals surface area contributed by atoms with Crippen LogP contribution in [-0.4, -0.2) is 43.1 Å². The Morgan fingerprint density at radius 2 is 1.78 bits per heavy atom. The fourth-order valence-corrected chi connectivity index (χ4v) is 4.58. The Morgan fingerprint density at radius 1 is 1.09 bits per heavy atom. The largest absolute Gasteiger partial charge is 0.491 e. The molecule has 5 aromatic rings. The fraction of sp³-hybridized carbons (Fsp3) is 0.250. The number of rotatable bonds is 8. The van der Waals surface area contributed by atoms with Crippen molar-refractivity contribution in [3.8, 4) is 17.1 Å². The fourth-order valence-electron chi connectivity index (χ4n) is 4.58. The zero-order valence-corrected chi connectivity index (χ0v) is 24.9. The number of aryl methyl sites for hydroxylation is 2. The van der Waals surface area contributed by atoms with Gasteiger partial charge in [-0.2, -0.15) is 18.3 Å². The van der Waals surface area contributed by atoms with Gasteiger partial charge in [0.2, 0.25) is 0 Å². The Bertz CT molecular complexity index is 1790. The third-order valence-electron chi connectivity index (χ3n) is 6.67. The van der Waals surface area contributed by atoms with Gasteiger partial charge in [-0.25, -0.2) is 19.2 Å². The summed E-state index contributed by atoms with van der Waals surface area (Å²) in [7, 11) is 1.82. The van der Waals surface area contributed by atoms with Crippen LogP contribution >= 0.6 is 0 Å². The number of carboxylic acids is 1. The number of benzene rings is 3. The van der Waals surface area contributed by atoms with Gasteiger partial charge in [-0.15, -0.1) is 0 Å². The molecule has 0 saturated heterocycles. The van der Waals surface area contributed by atoms with E-state index in [0.717, 1.165) is 27.6 Å². The lowest BCUT2D eigenvalue weighted by Crippen LogP contribution is -2.21. The van der Waals surface area contributed by atoms with Gasteiger partial charge in [0.15, 0.2) is 11.6 Å². The average Bonchev–Trinajstić information content (AvgIpc) is 3.37. The van der Waals surface area contributed by atoms with Gasteiger partial charge in [-0.1, -0.05) is 37.3 Å². The predicted octanol–water partition coefficient (Wildman–Crippen LogP) is 6.94. The maximum Gasteiger partial charge on any atom is 0.490 e. The second-order valence-corrected chi connectivity index (χ2v) is 10.3. The number of pyridine rings is 1. The summed E-state index contributed by atoms with van der Waals surface area (Å²) in [6.07, 6.45) is -2.78. The number of carbonyl (C=O) groups is 1. The topological polar surface area (TPSA) is 128 Å². The lowest BCUT2D eigenvalue weighted by Gasteiger charge is -2.23. The van der Waals surface area contributed by atoms with Crippen LogP contribution in [0, 0.1) is 5.82 Å². The highest BCUT2D eigenvalue weighted by Gasteiger charge is 2.38. The molecule has 0 aliphatic heterocycles. The molecule has 13 heteroatoms. The lowest BCUT2D eigenvalue weighted by atomic mass is 9.99. The van der Waals surface area contributed by atoms with Crippen LogP contribution in [-0.2, 0) is 18.3 Å². The number of hydrogen-bond donors (Lipinski definition) is 3. The lowest BCUT2D eigenvalue weighted by molar-refractivity contribution is -0.192. The van der Waals surface area contributed by atoms with Crippen molar-refractivity contribution in [3.63, 3.8) is 0 Å². The molecule has 1 atom stereocenters. The quantitative estimate of drug-likeness (QED) is 0.159. The first-order valence-electron chi connectivity index (χ1n) is 13.9. The van der Waals surface area contributed by atoms with E-state index in [4.69, 9.17) is 25.4 Å². The van der Waals surface area contributed by atoms with Crippen LogP contribution in [0.4, 0.5) is 29.1 Å². The minimum atomic E-state index is -5.08. The van der Waals surface area contributed by atoms with Gasteiger partial charge in [0.25, 0.3) is 0 Å². The predicted molar refractivity (Wildman–Crippen MR) is 163 cm³/mol. The average molecular weight is 625 g/mol. The molecule has 0 amide bonds. The van der Waals surface area contributed by atoms with Crippen LogP contribution in [0.5, 0.6) is 5.75 Å². The molecule has 0 spiro atoms. The second-order valence-electron chi connectivity index (χ2n) is 10.3. The summed E-state index contributed by atoms with van der Waals surface area (Å²) in [5, 5.41) is 17.1. The summed E-state index contributed by atoms with van der Waals surface area (Å²) in [4.78, 5) is 17.9. The van der Waals surface area contributed by atoms with E-state index >= 15 is 4.39 Å². The number of alkyl halides is 3. The number of aliphatic carboxylic acids is 1. The number of nitrogen functional groups attached to an aromatic ring is 1. The summed E-state index contributed by atoms with van der Waals surface area (Å²) < 4.78 is 55.2. The minimum Gasteiger partial charge on any atom is -0.491 e. The Balaban J connectivity index is 0.000000591. The van der Waals surface area contributed by atoms with Gasteiger partial charge in [0.05, 0.1) is 6.10 Å². The van der Waals surface area contributed by atoms with Crippen LogP contribution in [0.2, 0.25) is 0 Å². The van der Waals surface area contributed by atoms with Crippen molar-refractivity contribution in [3.05, 3.63) is 95.7 Å². The molecule has 45 heavy (non-hydrogen) atoms. The molecule has 2 heterocycles. The van der Waals surface area contributed by atoms with Gasteiger partial charge < -0.3 is 20.9 Å². The molecule has 0 aliphatic rings. The highest BCUT2D eigenvalue weighted by Crippen LogP contribution is 2.34. The van der Waals surface area contributed by atoms with Gasteiger partial charge in [-0.05, 0) is 61.5 Å². The summed E-state index contributed by atoms with van der Waals surface area (Å²) in [5.74, 6) is -0.967. The number of nitrogens with one attached hydrogen (secondary N) is 1. The third kappa shape index (κ3) is 7.85. The maximum absolute atomic E-state index is 15.8.